The van der Waals surface area contributed by atoms with E-state index in [1.54, 1.807) is 24.8 Å². The average molecular weight is 494 g/mol. The van der Waals surface area contributed by atoms with Crippen LogP contribution < -0.4 is 10.1 Å². The molecule has 9 heteroatoms. The van der Waals surface area contributed by atoms with E-state index in [1.165, 1.54) is 6.42 Å². The Balaban J connectivity index is 1.42. The Morgan fingerprint density at radius 3 is 2.69 bits per heavy atom. The third-order valence-corrected chi connectivity index (χ3v) is 7.85. The molecule has 2 aromatic heterocycles. The summed E-state index contributed by atoms with van der Waals surface area (Å²) >= 11 is 0. The van der Waals surface area contributed by atoms with E-state index in [-0.39, 0.29) is 6.04 Å². The molecule has 8 nitrogen and oxygen atoms in total. The summed E-state index contributed by atoms with van der Waals surface area (Å²) in [6, 6.07) is 10.8. The van der Waals surface area contributed by atoms with Gasteiger partial charge in [-0.15, -0.1) is 10.2 Å². The molecule has 0 saturated heterocycles. The molecule has 0 aliphatic heterocycles. The number of carbonyl (C=O) groups is 1. The zero-order valence-corrected chi connectivity index (χ0v) is 21.9. The third kappa shape index (κ3) is 7.47. The highest BCUT2D eigenvalue weighted by atomic mass is 28.3. The molecule has 1 aliphatic rings. The number of pyridine rings is 1. The van der Waals surface area contributed by atoms with Crippen molar-refractivity contribution in [3.8, 4) is 28.3 Å². The van der Waals surface area contributed by atoms with E-state index < -0.39 is 14.2 Å². The van der Waals surface area contributed by atoms with Crippen LogP contribution in [0.15, 0.2) is 49.1 Å². The summed E-state index contributed by atoms with van der Waals surface area (Å²) in [6.45, 7) is 8.13. The number of carbonyl (C=O) groups excluding carboxylic acids is 1. The molecule has 3 aromatic rings. The Morgan fingerprint density at radius 1 is 1.09 bits per heavy atom. The Bertz CT molecular complexity index is 1120. The van der Waals surface area contributed by atoms with Gasteiger partial charge in [0, 0.05) is 44.2 Å². The molecule has 186 valence electrons. The third-order valence-electron chi connectivity index (χ3n) is 6.14. The minimum absolute atomic E-state index is 0.206. The predicted octanol–water partition coefficient (Wildman–Crippen LogP) is 5.74. The number of ether oxygens (including phenoxy) is 2. The Morgan fingerprint density at radius 2 is 1.89 bits per heavy atom. The standard InChI is InChI=1S/C26H35N5O3Si/c1-35(2,3)13-12-33-19-31-18-28-30-25(31)22-14-21(16-27-17-22)20-8-7-11-24(15-20)34-26(32)29-23-9-5-4-6-10-23/h7-8,11,14-18,23H,4-6,9-10,12-13,19H2,1-3H3,(H,29,32). The van der Waals surface area contributed by atoms with Crippen LogP contribution in [0.2, 0.25) is 25.7 Å². The van der Waals surface area contributed by atoms with Crippen molar-refractivity contribution in [1.29, 1.82) is 0 Å². The maximum absolute atomic E-state index is 12.4. The average Bonchev–Trinajstić information content (AvgIpc) is 3.31. The first-order valence-corrected chi connectivity index (χ1v) is 16.1. The summed E-state index contributed by atoms with van der Waals surface area (Å²) in [5, 5.41) is 11.3. The smallest absolute Gasteiger partial charge is 0.410 e. The summed E-state index contributed by atoms with van der Waals surface area (Å²) in [5.41, 5.74) is 2.64. The second-order valence-electron chi connectivity index (χ2n) is 10.3. The fourth-order valence-electron chi connectivity index (χ4n) is 4.12. The van der Waals surface area contributed by atoms with Crippen molar-refractivity contribution >= 4 is 14.2 Å². The van der Waals surface area contributed by atoms with Crippen LogP contribution in [0.4, 0.5) is 4.79 Å². The molecule has 1 aromatic carbocycles. The molecular formula is C26H35N5O3Si. The van der Waals surface area contributed by atoms with Crippen LogP contribution in [0, 0.1) is 0 Å². The van der Waals surface area contributed by atoms with Gasteiger partial charge in [-0.3, -0.25) is 9.55 Å². The minimum atomic E-state index is -1.14. The van der Waals surface area contributed by atoms with Gasteiger partial charge < -0.3 is 14.8 Å². The second kappa shape index (κ2) is 11.6. The largest absolute Gasteiger partial charge is 0.412 e. The molecule has 0 unspecified atom stereocenters. The highest BCUT2D eigenvalue weighted by Gasteiger charge is 2.17. The lowest BCUT2D eigenvalue weighted by Crippen LogP contribution is -2.37. The molecule has 1 amide bonds. The van der Waals surface area contributed by atoms with Gasteiger partial charge in [0.1, 0.15) is 18.8 Å². The van der Waals surface area contributed by atoms with E-state index in [4.69, 9.17) is 9.47 Å². The quantitative estimate of drug-likeness (QED) is 0.302. The molecule has 1 fully saturated rings. The highest BCUT2D eigenvalue weighted by Crippen LogP contribution is 2.27. The maximum Gasteiger partial charge on any atom is 0.412 e. The Hall–Kier alpha value is -3.04. The first-order chi connectivity index (χ1) is 16.9. The molecule has 1 saturated carbocycles. The lowest BCUT2D eigenvalue weighted by atomic mass is 9.96. The minimum Gasteiger partial charge on any atom is -0.410 e. The summed E-state index contributed by atoms with van der Waals surface area (Å²) in [6.07, 6.45) is 10.4. The first-order valence-electron chi connectivity index (χ1n) is 12.4. The van der Waals surface area contributed by atoms with Gasteiger partial charge >= 0.3 is 6.09 Å². The number of amides is 1. The van der Waals surface area contributed by atoms with E-state index in [2.05, 4.69) is 40.1 Å². The van der Waals surface area contributed by atoms with E-state index in [0.29, 0.717) is 18.3 Å². The van der Waals surface area contributed by atoms with Gasteiger partial charge in [-0.05, 0) is 42.6 Å². The van der Waals surface area contributed by atoms with Crippen LogP contribution in [-0.2, 0) is 11.5 Å². The fraction of sp³-hybridized carbons (Fsp3) is 0.462. The van der Waals surface area contributed by atoms with Crippen LogP contribution in [0.3, 0.4) is 0 Å². The zero-order valence-electron chi connectivity index (χ0n) is 20.9. The monoisotopic (exact) mass is 493 g/mol. The van der Waals surface area contributed by atoms with Gasteiger partial charge in [-0.25, -0.2) is 4.79 Å². The topological polar surface area (TPSA) is 91.2 Å². The predicted molar refractivity (Wildman–Crippen MR) is 139 cm³/mol. The molecule has 0 atom stereocenters. The maximum atomic E-state index is 12.4. The molecule has 35 heavy (non-hydrogen) atoms. The first kappa shape index (κ1) is 25.1. The SMILES string of the molecule is C[Si](C)(C)CCOCn1cnnc1-c1cncc(-c2cccc(OC(=O)NC3CCCCC3)c2)c1. The van der Waals surface area contributed by atoms with Gasteiger partial charge in [0.2, 0.25) is 0 Å². The van der Waals surface area contributed by atoms with Crippen molar-refractivity contribution in [2.75, 3.05) is 6.61 Å². The lowest BCUT2D eigenvalue weighted by Gasteiger charge is -2.22. The van der Waals surface area contributed by atoms with Gasteiger partial charge in [0.05, 0.1) is 0 Å². The van der Waals surface area contributed by atoms with Crippen molar-refractivity contribution in [2.24, 2.45) is 0 Å². The lowest BCUT2D eigenvalue weighted by molar-refractivity contribution is 0.0880. The van der Waals surface area contributed by atoms with Crippen molar-refractivity contribution in [3.05, 3.63) is 49.1 Å². The number of rotatable bonds is 9. The molecular weight excluding hydrogens is 458 g/mol. The van der Waals surface area contributed by atoms with Crippen LogP contribution in [0.25, 0.3) is 22.5 Å². The van der Waals surface area contributed by atoms with E-state index in [9.17, 15) is 4.79 Å². The van der Waals surface area contributed by atoms with Crippen molar-refractivity contribution in [2.45, 2.75) is 70.6 Å². The van der Waals surface area contributed by atoms with Gasteiger partial charge in [-0.2, -0.15) is 0 Å². The molecule has 0 radical (unpaired) electrons. The van der Waals surface area contributed by atoms with Crippen LogP contribution in [0.1, 0.15) is 32.1 Å². The van der Waals surface area contributed by atoms with Crippen molar-refractivity contribution in [3.63, 3.8) is 0 Å². The number of aromatic nitrogens is 4. The van der Waals surface area contributed by atoms with E-state index in [1.807, 2.05) is 28.8 Å². The second-order valence-corrected chi connectivity index (χ2v) is 16.0. The summed E-state index contributed by atoms with van der Waals surface area (Å²) in [4.78, 5) is 16.8. The summed E-state index contributed by atoms with van der Waals surface area (Å²) in [7, 11) is -1.14. The Kier molecular flexibility index (Phi) is 8.30. The highest BCUT2D eigenvalue weighted by molar-refractivity contribution is 6.76. The van der Waals surface area contributed by atoms with Gasteiger partial charge in [-0.1, -0.05) is 51.0 Å². The van der Waals surface area contributed by atoms with Gasteiger partial charge in [0.15, 0.2) is 5.82 Å². The molecule has 2 heterocycles. The molecule has 4 rings (SSSR count). The van der Waals surface area contributed by atoms with Crippen molar-refractivity contribution in [1.82, 2.24) is 25.1 Å². The van der Waals surface area contributed by atoms with Crippen LogP contribution >= 0.6 is 0 Å². The number of hydrogen-bond acceptors (Lipinski definition) is 6. The van der Waals surface area contributed by atoms with Crippen molar-refractivity contribution < 1.29 is 14.3 Å². The van der Waals surface area contributed by atoms with Gasteiger partial charge in [0.25, 0.3) is 0 Å². The van der Waals surface area contributed by atoms with Crippen LogP contribution in [0.5, 0.6) is 5.75 Å². The number of nitrogens with zero attached hydrogens (tertiary/aromatic N) is 4. The summed E-state index contributed by atoms with van der Waals surface area (Å²) in [5.74, 6) is 1.20. The number of nitrogens with one attached hydrogen (secondary N) is 1. The Labute approximate surface area is 208 Å². The number of hydrogen-bond donors (Lipinski definition) is 1. The van der Waals surface area contributed by atoms with E-state index >= 15 is 0 Å². The molecule has 0 spiro atoms. The number of benzene rings is 1. The fourth-order valence-corrected chi connectivity index (χ4v) is 4.88. The molecule has 1 N–H and O–H groups in total. The normalized spacial score (nSPS) is 14.6. The summed E-state index contributed by atoms with van der Waals surface area (Å²) < 4.78 is 13.3. The molecule has 1 aliphatic carbocycles. The zero-order chi connectivity index (χ0) is 24.7. The van der Waals surface area contributed by atoms with E-state index in [0.717, 1.165) is 55.0 Å². The van der Waals surface area contributed by atoms with Crippen LogP contribution in [-0.4, -0.2) is 46.6 Å². The molecule has 0 bridgehead atoms.